The molecule has 1 N–H and O–H groups in total. The first kappa shape index (κ1) is 20.1. The zero-order valence-corrected chi connectivity index (χ0v) is 17.1. The van der Waals surface area contributed by atoms with E-state index in [1.54, 1.807) is 19.0 Å². The highest BCUT2D eigenvalue weighted by Gasteiger charge is 2.26. The molecule has 0 unspecified atom stereocenters. The molecule has 1 saturated carbocycles. The van der Waals surface area contributed by atoms with E-state index in [0.717, 1.165) is 31.1 Å². The zero-order chi connectivity index (χ0) is 19.2. The molecule has 1 aromatic rings. The van der Waals surface area contributed by atoms with Crippen molar-refractivity contribution in [2.24, 2.45) is 0 Å². The van der Waals surface area contributed by atoms with Crippen LogP contribution in [0, 0.1) is 0 Å². The monoisotopic (exact) mass is 396 g/mol. The minimum absolute atomic E-state index is 0.121. The molecule has 1 aromatic heterocycles. The number of carbonyl (C=O) groups is 2. The summed E-state index contributed by atoms with van der Waals surface area (Å²) >= 11 is 1.43. The lowest BCUT2D eigenvalue weighted by molar-refractivity contribution is -0.896. The second kappa shape index (κ2) is 9.50. The summed E-state index contributed by atoms with van der Waals surface area (Å²) in [6.07, 6.45) is 5.95. The highest BCUT2D eigenvalue weighted by atomic mass is 32.2. The van der Waals surface area contributed by atoms with Gasteiger partial charge in [0.25, 0.3) is 5.91 Å². The number of quaternary nitrogens is 1. The summed E-state index contributed by atoms with van der Waals surface area (Å²) in [5, 5.41) is 12.8. The number of hydrogen-bond donors (Lipinski definition) is 1. The molecule has 10 heteroatoms. The largest absolute Gasteiger partial charge is 0.344 e. The Labute approximate surface area is 164 Å². The zero-order valence-electron chi connectivity index (χ0n) is 16.3. The third-order valence-electron chi connectivity index (χ3n) is 5.43. The van der Waals surface area contributed by atoms with Crippen molar-refractivity contribution < 1.29 is 14.5 Å². The molecule has 0 spiro atoms. The van der Waals surface area contributed by atoms with E-state index in [2.05, 4.69) is 15.5 Å². The van der Waals surface area contributed by atoms with E-state index in [1.165, 1.54) is 35.9 Å². The number of likely N-dealkylation sites (N-methyl/N-ethyl adjacent to an activating group) is 1. The van der Waals surface area contributed by atoms with Gasteiger partial charge in [-0.25, -0.2) is 4.68 Å². The third-order valence-corrected chi connectivity index (χ3v) is 6.35. The van der Waals surface area contributed by atoms with E-state index in [9.17, 15) is 9.59 Å². The van der Waals surface area contributed by atoms with Crippen LogP contribution in [0.4, 0.5) is 0 Å². The second-order valence-corrected chi connectivity index (χ2v) is 8.52. The van der Waals surface area contributed by atoms with Gasteiger partial charge in [0.15, 0.2) is 6.54 Å². The molecular weight excluding hydrogens is 366 g/mol. The van der Waals surface area contributed by atoms with Crippen molar-refractivity contribution in [1.82, 2.24) is 30.0 Å². The highest BCUT2D eigenvalue weighted by Crippen LogP contribution is 2.30. The third kappa shape index (κ3) is 5.41. The van der Waals surface area contributed by atoms with E-state index in [-0.39, 0.29) is 11.8 Å². The number of nitrogens with one attached hydrogen (secondary N) is 1. The molecule has 0 radical (unpaired) electrons. The highest BCUT2D eigenvalue weighted by molar-refractivity contribution is 7.99. The maximum Gasteiger partial charge on any atom is 0.277 e. The number of tetrazole rings is 1. The van der Waals surface area contributed by atoms with E-state index >= 15 is 0 Å². The number of aromatic nitrogens is 4. The molecule has 3 rings (SSSR count). The molecule has 150 valence electrons. The summed E-state index contributed by atoms with van der Waals surface area (Å²) < 4.78 is 1.91. The summed E-state index contributed by atoms with van der Waals surface area (Å²) in [5.41, 5.74) is 0. The fraction of sp³-hybridized carbons (Fsp3) is 0.824. The van der Waals surface area contributed by atoms with E-state index < -0.39 is 0 Å². The Bertz CT molecular complexity index is 637. The fourth-order valence-corrected chi connectivity index (χ4v) is 4.52. The Balaban J connectivity index is 1.44. The van der Waals surface area contributed by atoms with Crippen molar-refractivity contribution >= 4 is 23.6 Å². The van der Waals surface area contributed by atoms with Crippen LogP contribution in [0.25, 0.3) is 0 Å². The first-order valence-electron chi connectivity index (χ1n) is 9.76. The molecule has 2 fully saturated rings. The van der Waals surface area contributed by atoms with Crippen LogP contribution in [-0.2, 0) is 9.59 Å². The average molecular weight is 397 g/mol. The molecule has 27 heavy (non-hydrogen) atoms. The van der Waals surface area contributed by atoms with Crippen LogP contribution in [0.15, 0.2) is 5.16 Å². The topological polar surface area (TPSA) is 88.7 Å². The van der Waals surface area contributed by atoms with Gasteiger partial charge in [-0.3, -0.25) is 9.59 Å². The lowest BCUT2D eigenvalue weighted by Crippen LogP contribution is -3.15. The first-order valence-corrected chi connectivity index (χ1v) is 10.8. The minimum atomic E-state index is 0.121. The van der Waals surface area contributed by atoms with E-state index in [1.807, 2.05) is 9.58 Å². The van der Waals surface area contributed by atoms with Crippen molar-refractivity contribution in [1.29, 1.82) is 0 Å². The second-order valence-electron chi connectivity index (χ2n) is 7.58. The van der Waals surface area contributed by atoms with Crippen LogP contribution < -0.4 is 4.90 Å². The Morgan fingerprint density at radius 1 is 1.19 bits per heavy atom. The molecule has 2 heterocycles. The lowest BCUT2D eigenvalue weighted by Gasteiger charge is -2.32. The van der Waals surface area contributed by atoms with Gasteiger partial charge in [-0.2, -0.15) is 0 Å². The number of rotatable bonds is 6. The van der Waals surface area contributed by atoms with Gasteiger partial charge < -0.3 is 14.7 Å². The Morgan fingerprint density at radius 2 is 1.89 bits per heavy atom. The quantitative estimate of drug-likeness (QED) is 0.626. The molecule has 1 saturated heterocycles. The van der Waals surface area contributed by atoms with E-state index in [4.69, 9.17) is 0 Å². The van der Waals surface area contributed by atoms with Crippen LogP contribution in [0.1, 0.15) is 38.1 Å². The van der Waals surface area contributed by atoms with Crippen LogP contribution in [0.3, 0.4) is 0 Å². The molecule has 0 aromatic carbocycles. The van der Waals surface area contributed by atoms with Crippen LogP contribution in [-0.4, -0.2) is 94.4 Å². The van der Waals surface area contributed by atoms with Gasteiger partial charge in [0.2, 0.25) is 11.1 Å². The molecule has 1 aliphatic heterocycles. The number of piperazine rings is 1. The van der Waals surface area contributed by atoms with Crippen LogP contribution >= 0.6 is 11.8 Å². The summed E-state index contributed by atoms with van der Waals surface area (Å²) in [7, 11) is 3.55. The normalized spacial score (nSPS) is 19.3. The molecule has 0 bridgehead atoms. The maximum absolute atomic E-state index is 12.6. The smallest absolute Gasteiger partial charge is 0.277 e. The number of carbonyl (C=O) groups excluding carboxylic acids is 2. The molecule has 1 aliphatic carbocycles. The predicted molar refractivity (Wildman–Crippen MR) is 102 cm³/mol. The first-order chi connectivity index (χ1) is 13.0. The van der Waals surface area contributed by atoms with Crippen molar-refractivity contribution in [3.05, 3.63) is 0 Å². The van der Waals surface area contributed by atoms with Gasteiger partial charge in [0, 0.05) is 14.1 Å². The van der Waals surface area contributed by atoms with Crippen molar-refractivity contribution in [2.45, 2.75) is 43.3 Å². The maximum atomic E-state index is 12.6. The van der Waals surface area contributed by atoms with Gasteiger partial charge in [-0.15, -0.1) is 5.10 Å². The molecule has 0 atom stereocenters. The SMILES string of the molecule is CN(C)C(=O)C[NH+]1CCN(C(=O)CSc2nnnn2C2CCCCC2)CC1. The van der Waals surface area contributed by atoms with Gasteiger partial charge in [0.05, 0.1) is 38.0 Å². The molecule has 2 amide bonds. The summed E-state index contributed by atoms with van der Waals surface area (Å²) in [6.45, 7) is 3.53. The van der Waals surface area contributed by atoms with Gasteiger partial charge in [-0.1, -0.05) is 31.0 Å². The van der Waals surface area contributed by atoms with Gasteiger partial charge >= 0.3 is 0 Å². The minimum Gasteiger partial charge on any atom is -0.344 e. The molecule has 2 aliphatic rings. The standard InChI is InChI=1S/C17H29N7O2S/c1-21(2)15(25)12-22-8-10-23(11-9-22)16(26)13-27-17-18-19-20-24(17)14-6-4-3-5-7-14/h14H,3-13H2,1-2H3/p+1. The predicted octanol–water partition coefficient (Wildman–Crippen LogP) is -0.914. The number of hydrogen-bond acceptors (Lipinski definition) is 6. The summed E-state index contributed by atoms with van der Waals surface area (Å²) in [4.78, 5) is 29.1. The Morgan fingerprint density at radius 3 is 2.56 bits per heavy atom. The van der Waals surface area contributed by atoms with Crippen molar-refractivity contribution in [2.75, 3.05) is 52.6 Å². The van der Waals surface area contributed by atoms with Crippen LogP contribution in [0.5, 0.6) is 0 Å². The van der Waals surface area contributed by atoms with Gasteiger partial charge in [0.1, 0.15) is 0 Å². The van der Waals surface area contributed by atoms with Crippen molar-refractivity contribution in [3.63, 3.8) is 0 Å². The summed E-state index contributed by atoms with van der Waals surface area (Å²) in [5.74, 6) is 0.616. The molecule has 9 nitrogen and oxygen atoms in total. The Hall–Kier alpha value is -1.68. The van der Waals surface area contributed by atoms with Crippen molar-refractivity contribution in [3.8, 4) is 0 Å². The Kier molecular flexibility index (Phi) is 7.06. The lowest BCUT2D eigenvalue weighted by atomic mass is 9.96. The average Bonchev–Trinajstić information content (AvgIpc) is 3.16. The van der Waals surface area contributed by atoms with Gasteiger partial charge in [-0.05, 0) is 23.3 Å². The van der Waals surface area contributed by atoms with Crippen LogP contribution in [0.2, 0.25) is 0 Å². The molecular formula is C17H30N7O2S+. The number of thioether (sulfide) groups is 1. The summed E-state index contributed by atoms with van der Waals surface area (Å²) in [6, 6.07) is 0.368. The van der Waals surface area contributed by atoms with E-state index in [0.29, 0.717) is 31.4 Å². The fourth-order valence-electron chi connectivity index (χ4n) is 3.67. The number of nitrogens with zero attached hydrogens (tertiary/aromatic N) is 6. The number of amides is 2.